The van der Waals surface area contributed by atoms with Gasteiger partial charge in [0.15, 0.2) is 10.1 Å². The van der Waals surface area contributed by atoms with E-state index in [0.29, 0.717) is 0 Å². The molecule has 2 amide bonds. The molecular weight excluding hydrogens is 248 g/mol. The van der Waals surface area contributed by atoms with Crippen LogP contribution in [0.1, 0.15) is 0 Å². The van der Waals surface area contributed by atoms with Crippen molar-refractivity contribution in [1.82, 2.24) is 5.12 Å². The van der Waals surface area contributed by atoms with Gasteiger partial charge >= 0.3 is 6.03 Å². The Hall–Kier alpha value is -3.11. The van der Waals surface area contributed by atoms with Gasteiger partial charge in [-0.3, -0.25) is 0 Å². The van der Waals surface area contributed by atoms with Crippen LogP contribution in [-0.4, -0.2) is 21.2 Å². The number of carbonyl (C=O) groups is 1. The quantitative estimate of drug-likeness (QED) is 0.485. The predicted molar refractivity (Wildman–Crippen MR) is 55.3 cm³/mol. The number of urea groups is 1. The molecule has 0 saturated heterocycles. The van der Waals surface area contributed by atoms with E-state index in [2.05, 4.69) is 5.11 Å². The molecule has 0 saturated carbocycles. The van der Waals surface area contributed by atoms with Crippen molar-refractivity contribution in [1.29, 1.82) is 5.53 Å². The summed E-state index contributed by atoms with van der Waals surface area (Å²) >= 11 is 0. The number of hydrogen-bond acceptors (Lipinski definition) is 6. The zero-order valence-corrected chi connectivity index (χ0v) is 8.66. The second-order valence-electron chi connectivity index (χ2n) is 2.78. The highest BCUT2D eigenvalue weighted by Crippen LogP contribution is 2.16. The number of amides is 2. The molecule has 0 fully saturated rings. The van der Waals surface area contributed by atoms with Crippen LogP contribution in [0.25, 0.3) is 0 Å². The van der Waals surface area contributed by atoms with Gasteiger partial charge in [-0.25, -0.2) is 25.0 Å². The topological polar surface area (TPSA) is 146 Å². The first-order chi connectivity index (χ1) is 8.49. The van der Waals surface area contributed by atoms with Crippen molar-refractivity contribution in [3.63, 3.8) is 0 Å². The van der Waals surface area contributed by atoms with E-state index in [0.717, 1.165) is 0 Å². The average molecular weight is 254 g/mol. The fraction of sp³-hybridized carbons (Fsp3) is 0. The van der Waals surface area contributed by atoms with Crippen LogP contribution in [0.15, 0.2) is 35.4 Å². The number of hydrogen-bond donors (Lipinski definition) is 1. The second-order valence-corrected chi connectivity index (χ2v) is 2.78. The monoisotopic (exact) mass is 254 g/mol. The number of carbonyl (C=O) groups excluding carboxylic acids is 1. The van der Waals surface area contributed by atoms with Crippen molar-refractivity contribution in [3.8, 4) is 0 Å². The van der Waals surface area contributed by atoms with Crippen LogP contribution in [0.3, 0.4) is 0 Å². The van der Waals surface area contributed by atoms with E-state index in [9.17, 15) is 25.0 Å². The molecule has 11 nitrogen and oxygen atoms in total. The molecule has 0 aromatic heterocycles. The first kappa shape index (κ1) is 13.0. The minimum absolute atomic E-state index is 0.111. The lowest BCUT2D eigenvalue weighted by molar-refractivity contribution is -0.696. The second kappa shape index (κ2) is 5.29. The van der Waals surface area contributed by atoms with Crippen LogP contribution in [0.4, 0.5) is 10.5 Å². The summed E-state index contributed by atoms with van der Waals surface area (Å²) in [6.45, 7) is 0. The highest BCUT2D eigenvalue weighted by Gasteiger charge is 2.41. The molecule has 11 heteroatoms. The minimum Gasteiger partial charge on any atom is -0.235 e. The van der Waals surface area contributed by atoms with E-state index in [1.54, 1.807) is 0 Å². The Morgan fingerprint density at radius 1 is 1.17 bits per heavy atom. The van der Waals surface area contributed by atoms with Crippen LogP contribution in [0.2, 0.25) is 0 Å². The molecule has 1 aromatic rings. The predicted octanol–water partition coefficient (Wildman–Crippen LogP) is 1.24. The Morgan fingerprint density at radius 3 is 2.11 bits per heavy atom. The van der Waals surface area contributed by atoms with Gasteiger partial charge in [0.2, 0.25) is 0 Å². The van der Waals surface area contributed by atoms with Crippen LogP contribution in [0, 0.1) is 25.8 Å². The smallest absolute Gasteiger partial charge is 0.235 e. The number of para-hydroxylation sites is 1. The first-order valence-corrected chi connectivity index (χ1v) is 4.34. The van der Waals surface area contributed by atoms with Gasteiger partial charge in [-0.1, -0.05) is 23.3 Å². The van der Waals surface area contributed by atoms with Gasteiger partial charge in [-0.15, -0.1) is 0 Å². The van der Waals surface area contributed by atoms with Crippen molar-refractivity contribution in [2.24, 2.45) is 5.11 Å². The zero-order valence-electron chi connectivity index (χ0n) is 8.66. The lowest BCUT2D eigenvalue weighted by Crippen LogP contribution is -2.52. The number of nitrogens with zero attached hydrogens (tertiary/aromatic N) is 5. The molecule has 0 heterocycles. The molecule has 0 aliphatic carbocycles. The van der Waals surface area contributed by atoms with E-state index >= 15 is 0 Å². The fourth-order valence-electron chi connectivity index (χ4n) is 1.10. The maximum Gasteiger partial charge on any atom is 0.450 e. The number of hydrazine groups is 3. The molecule has 0 radical (unpaired) electrons. The first-order valence-electron chi connectivity index (χ1n) is 4.34. The lowest BCUT2D eigenvalue weighted by Gasteiger charge is -2.16. The van der Waals surface area contributed by atoms with E-state index in [1.807, 2.05) is 0 Å². The molecule has 1 rings (SSSR count). The van der Waals surface area contributed by atoms with Gasteiger partial charge in [0.05, 0.1) is 5.12 Å². The van der Waals surface area contributed by atoms with Crippen molar-refractivity contribution < 1.29 is 14.9 Å². The largest absolute Gasteiger partial charge is 0.450 e. The van der Waals surface area contributed by atoms with Crippen molar-refractivity contribution in [2.75, 3.05) is 5.12 Å². The average Bonchev–Trinajstić information content (AvgIpc) is 2.35. The number of rotatable bonds is 4. The number of nitro groups is 2. The van der Waals surface area contributed by atoms with Crippen LogP contribution in [0.5, 0.6) is 0 Å². The summed E-state index contributed by atoms with van der Waals surface area (Å²) in [5.74, 6) is 0. The Bertz CT molecular complexity index is 490. The zero-order chi connectivity index (χ0) is 13.7. The highest BCUT2D eigenvalue weighted by molar-refractivity contribution is 5.74. The lowest BCUT2D eigenvalue weighted by atomic mass is 10.3. The van der Waals surface area contributed by atoms with Crippen molar-refractivity contribution in [3.05, 3.63) is 50.6 Å². The van der Waals surface area contributed by atoms with Crippen LogP contribution in [-0.2, 0) is 0 Å². The third kappa shape index (κ3) is 2.52. The number of anilines is 1. The van der Waals surface area contributed by atoms with E-state index in [4.69, 9.17) is 5.53 Å². The molecule has 0 bridgehead atoms. The standard InChI is InChI=1S/C7H6N6O5/c8-9-7(14)11(13(17)18)10(12(15)16)6-4-2-1-3-5-6/h1-5,8H. The van der Waals surface area contributed by atoms with Crippen molar-refractivity contribution >= 4 is 11.7 Å². The maximum atomic E-state index is 11.1. The fourth-order valence-corrected chi connectivity index (χ4v) is 1.10. The summed E-state index contributed by atoms with van der Waals surface area (Å²) in [5.41, 5.74) is 6.18. The molecule has 0 spiro atoms. The third-order valence-electron chi connectivity index (χ3n) is 1.74. The number of nitrogens with one attached hydrogen (secondary N) is 1. The Morgan fingerprint density at radius 2 is 1.72 bits per heavy atom. The summed E-state index contributed by atoms with van der Waals surface area (Å²) in [4.78, 5) is 32.5. The molecule has 18 heavy (non-hydrogen) atoms. The summed E-state index contributed by atoms with van der Waals surface area (Å²) in [6, 6.07) is 5.01. The Labute approximate surface area is 98.9 Å². The van der Waals surface area contributed by atoms with Crippen molar-refractivity contribution in [2.45, 2.75) is 0 Å². The van der Waals surface area contributed by atoms with Crippen LogP contribution >= 0.6 is 0 Å². The summed E-state index contributed by atoms with van der Waals surface area (Å²) < 4.78 is 0. The Kier molecular flexibility index (Phi) is 3.81. The Balaban J connectivity index is 3.26. The van der Waals surface area contributed by atoms with Gasteiger partial charge in [0.1, 0.15) is 10.8 Å². The molecule has 0 atom stereocenters. The molecule has 0 unspecified atom stereocenters. The third-order valence-corrected chi connectivity index (χ3v) is 1.74. The van der Waals surface area contributed by atoms with Gasteiger partial charge < -0.3 is 0 Å². The molecule has 0 aliphatic rings. The molecule has 1 N–H and O–H groups in total. The van der Waals surface area contributed by atoms with Gasteiger partial charge in [0, 0.05) is 0 Å². The number of benzene rings is 1. The van der Waals surface area contributed by atoms with E-state index < -0.39 is 21.2 Å². The van der Waals surface area contributed by atoms with Gasteiger partial charge in [-0.05, 0) is 12.1 Å². The highest BCUT2D eigenvalue weighted by atomic mass is 16.7. The van der Waals surface area contributed by atoms with Gasteiger partial charge in [-0.2, -0.15) is 5.53 Å². The van der Waals surface area contributed by atoms with Gasteiger partial charge in [0.25, 0.3) is 0 Å². The summed E-state index contributed by atoms with van der Waals surface area (Å²) in [5, 5.41) is 20.6. The minimum atomic E-state index is -1.69. The molecule has 0 aliphatic heterocycles. The molecule has 94 valence electrons. The normalized spacial score (nSPS) is 9.33. The van der Waals surface area contributed by atoms with E-state index in [1.165, 1.54) is 30.3 Å². The van der Waals surface area contributed by atoms with E-state index in [-0.39, 0.29) is 10.8 Å². The SMILES string of the molecule is N=NC(=O)N(N(c1ccccc1)[N+](=O)[O-])[N+](=O)[O-]. The summed E-state index contributed by atoms with van der Waals surface area (Å²) in [7, 11) is 0. The summed E-state index contributed by atoms with van der Waals surface area (Å²) in [6.07, 6.45) is 0. The maximum absolute atomic E-state index is 11.1. The van der Waals surface area contributed by atoms with Crippen LogP contribution < -0.4 is 5.12 Å². The molecular formula is C7H6N6O5. The molecule has 1 aromatic carbocycles.